The Labute approximate surface area is 113 Å². The summed E-state index contributed by atoms with van der Waals surface area (Å²) in [6.45, 7) is 3.46. The average Bonchev–Trinajstić information content (AvgIpc) is 2.45. The van der Waals surface area contributed by atoms with Gasteiger partial charge >= 0.3 is 11.8 Å². The van der Waals surface area contributed by atoms with Gasteiger partial charge in [0.2, 0.25) is 0 Å². The van der Waals surface area contributed by atoms with E-state index in [0.29, 0.717) is 6.42 Å². The molecule has 2 atom stereocenters. The van der Waals surface area contributed by atoms with Crippen molar-refractivity contribution in [2.45, 2.75) is 32.4 Å². The highest BCUT2D eigenvalue weighted by Gasteiger charge is 2.19. The summed E-state index contributed by atoms with van der Waals surface area (Å²) in [4.78, 5) is 23.3. The van der Waals surface area contributed by atoms with Crippen LogP contribution in [0.15, 0.2) is 30.3 Å². The normalized spacial score (nSPS) is 13.4. The lowest BCUT2D eigenvalue weighted by molar-refractivity contribution is -0.140. The van der Waals surface area contributed by atoms with Crippen molar-refractivity contribution in [3.8, 4) is 0 Å². The fourth-order valence-corrected chi connectivity index (χ4v) is 1.61. The first-order valence-corrected chi connectivity index (χ1v) is 6.35. The molecule has 1 aromatic rings. The smallest absolute Gasteiger partial charge is 0.309 e. The molecule has 3 N–H and O–H groups in total. The van der Waals surface area contributed by atoms with Crippen molar-refractivity contribution in [2.75, 3.05) is 6.61 Å². The molecule has 19 heavy (non-hydrogen) atoms. The molecule has 0 bridgehead atoms. The third-order valence-corrected chi connectivity index (χ3v) is 2.90. The van der Waals surface area contributed by atoms with Gasteiger partial charge < -0.3 is 15.7 Å². The van der Waals surface area contributed by atoms with E-state index in [0.717, 1.165) is 5.56 Å². The van der Waals surface area contributed by atoms with E-state index < -0.39 is 11.8 Å². The Bertz CT molecular complexity index is 416. The number of amides is 2. The van der Waals surface area contributed by atoms with Crippen molar-refractivity contribution in [3.05, 3.63) is 35.9 Å². The van der Waals surface area contributed by atoms with E-state index >= 15 is 0 Å². The summed E-state index contributed by atoms with van der Waals surface area (Å²) in [6.07, 6.45) is 0.573. The summed E-state index contributed by atoms with van der Waals surface area (Å²) in [6, 6.07) is 8.77. The van der Waals surface area contributed by atoms with E-state index in [-0.39, 0.29) is 18.7 Å². The van der Waals surface area contributed by atoms with Crippen LogP contribution < -0.4 is 10.6 Å². The molecule has 2 amide bonds. The third kappa shape index (κ3) is 4.71. The van der Waals surface area contributed by atoms with Gasteiger partial charge in [-0.25, -0.2) is 0 Å². The Kier molecular flexibility index (Phi) is 6.02. The van der Waals surface area contributed by atoms with Gasteiger partial charge in [0.1, 0.15) is 0 Å². The summed E-state index contributed by atoms with van der Waals surface area (Å²) in [7, 11) is 0. The Balaban J connectivity index is 2.53. The van der Waals surface area contributed by atoms with Crippen LogP contribution >= 0.6 is 0 Å². The number of carbonyl (C=O) groups excluding carboxylic acids is 2. The number of carbonyl (C=O) groups is 2. The zero-order valence-corrected chi connectivity index (χ0v) is 11.2. The summed E-state index contributed by atoms with van der Waals surface area (Å²) < 4.78 is 0. The highest BCUT2D eigenvalue weighted by Crippen LogP contribution is 2.10. The van der Waals surface area contributed by atoms with Gasteiger partial charge in [-0.15, -0.1) is 0 Å². The summed E-state index contributed by atoms with van der Waals surface area (Å²) in [5.74, 6) is -1.41. The fraction of sp³-hybridized carbons (Fsp3) is 0.429. The quantitative estimate of drug-likeness (QED) is 0.687. The molecular formula is C14H20N2O3. The molecular weight excluding hydrogens is 244 g/mol. The third-order valence-electron chi connectivity index (χ3n) is 2.90. The monoisotopic (exact) mass is 264 g/mol. The van der Waals surface area contributed by atoms with Crippen LogP contribution in [-0.2, 0) is 9.59 Å². The zero-order chi connectivity index (χ0) is 14.3. The van der Waals surface area contributed by atoms with E-state index in [1.807, 2.05) is 44.2 Å². The SMILES string of the molecule is CC[C@@H](CO)NC(=O)C(=O)N[C@@H](C)c1ccccc1. The first kappa shape index (κ1) is 15.2. The van der Waals surface area contributed by atoms with Crippen LogP contribution in [0, 0.1) is 0 Å². The van der Waals surface area contributed by atoms with Gasteiger partial charge in [-0.05, 0) is 18.9 Å². The summed E-state index contributed by atoms with van der Waals surface area (Å²) >= 11 is 0. The lowest BCUT2D eigenvalue weighted by Crippen LogP contribution is -2.46. The molecule has 1 aromatic carbocycles. The maximum Gasteiger partial charge on any atom is 0.309 e. The number of aliphatic hydroxyl groups excluding tert-OH is 1. The molecule has 104 valence electrons. The molecule has 0 radical (unpaired) electrons. The topological polar surface area (TPSA) is 78.4 Å². The first-order valence-electron chi connectivity index (χ1n) is 6.35. The van der Waals surface area contributed by atoms with Crippen LogP contribution in [0.2, 0.25) is 0 Å². The largest absolute Gasteiger partial charge is 0.394 e. The van der Waals surface area contributed by atoms with Crippen molar-refractivity contribution < 1.29 is 14.7 Å². The van der Waals surface area contributed by atoms with Gasteiger partial charge in [0.05, 0.1) is 18.7 Å². The predicted octanol–water partition coefficient (Wildman–Crippen LogP) is 0.751. The molecule has 0 heterocycles. The van der Waals surface area contributed by atoms with E-state index in [1.54, 1.807) is 0 Å². The molecule has 5 nitrogen and oxygen atoms in total. The van der Waals surface area contributed by atoms with Crippen LogP contribution in [0.5, 0.6) is 0 Å². The summed E-state index contributed by atoms with van der Waals surface area (Å²) in [5, 5.41) is 14.1. The fourth-order valence-electron chi connectivity index (χ4n) is 1.61. The molecule has 1 rings (SSSR count). The summed E-state index contributed by atoms with van der Waals surface area (Å²) in [5.41, 5.74) is 0.929. The van der Waals surface area contributed by atoms with Gasteiger partial charge in [-0.2, -0.15) is 0 Å². The number of aliphatic hydroxyl groups is 1. The standard InChI is InChI=1S/C14H20N2O3/c1-3-12(9-17)16-14(19)13(18)15-10(2)11-7-5-4-6-8-11/h4-8,10,12,17H,3,9H2,1-2H3,(H,15,18)(H,16,19)/t10-,12-/m0/s1. The highest BCUT2D eigenvalue weighted by atomic mass is 16.3. The van der Waals surface area contributed by atoms with Crippen LogP contribution in [0.1, 0.15) is 31.9 Å². The van der Waals surface area contributed by atoms with Gasteiger partial charge in [0.25, 0.3) is 0 Å². The maximum atomic E-state index is 11.7. The molecule has 0 aliphatic carbocycles. The van der Waals surface area contributed by atoms with Crippen molar-refractivity contribution in [2.24, 2.45) is 0 Å². The highest BCUT2D eigenvalue weighted by molar-refractivity contribution is 6.35. The Morgan fingerprint density at radius 1 is 1.16 bits per heavy atom. The minimum atomic E-state index is -0.719. The Hall–Kier alpha value is -1.88. The average molecular weight is 264 g/mol. The molecule has 0 saturated carbocycles. The molecule has 0 aliphatic rings. The van der Waals surface area contributed by atoms with Crippen LogP contribution in [0.25, 0.3) is 0 Å². The first-order chi connectivity index (χ1) is 9.08. The lowest BCUT2D eigenvalue weighted by Gasteiger charge is -2.16. The van der Waals surface area contributed by atoms with Gasteiger partial charge in [-0.3, -0.25) is 9.59 Å². The molecule has 0 unspecified atom stereocenters. The zero-order valence-electron chi connectivity index (χ0n) is 11.2. The molecule has 0 fully saturated rings. The number of nitrogens with one attached hydrogen (secondary N) is 2. The Morgan fingerprint density at radius 2 is 1.74 bits per heavy atom. The van der Waals surface area contributed by atoms with E-state index in [1.165, 1.54) is 0 Å². The van der Waals surface area contributed by atoms with Crippen molar-refractivity contribution in [1.82, 2.24) is 10.6 Å². The molecule has 5 heteroatoms. The second kappa shape index (κ2) is 7.53. The molecule has 0 aromatic heterocycles. The second-order valence-corrected chi connectivity index (χ2v) is 4.37. The number of hydrogen-bond acceptors (Lipinski definition) is 3. The van der Waals surface area contributed by atoms with E-state index in [9.17, 15) is 9.59 Å². The number of hydrogen-bond donors (Lipinski definition) is 3. The van der Waals surface area contributed by atoms with Crippen molar-refractivity contribution >= 4 is 11.8 Å². The van der Waals surface area contributed by atoms with Gasteiger partial charge in [0, 0.05) is 0 Å². The van der Waals surface area contributed by atoms with Crippen LogP contribution in [0.4, 0.5) is 0 Å². The molecule has 0 saturated heterocycles. The van der Waals surface area contributed by atoms with E-state index in [4.69, 9.17) is 5.11 Å². The maximum absolute atomic E-state index is 11.7. The van der Waals surface area contributed by atoms with Crippen molar-refractivity contribution in [3.63, 3.8) is 0 Å². The minimum Gasteiger partial charge on any atom is -0.394 e. The lowest BCUT2D eigenvalue weighted by atomic mass is 10.1. The second-order valence-electron chi connectivity index (χ2n) is 4.37. The predicted molar refractivity (Wildman–Crippen MR) is 72.3 cm³/mol. The minimum absolute atomic E-state index is 0.177. The van der Waals surface area contributed by atoms with Gasteiger partial charge in [-0.1, -0.05) is 37.3 Å². The number of benzene rings is 1. The Morgan fingerprint density at radius 3 is 2.26 bits per heavy atom. The van der Waals surface area contributed by atoms with Crippen molar-refractivity contribution in [1.29, 1.82) is 0 Å². The van der Waals surface area contributed by atoms with Crippen LogP contribution in [0.3, 0.4) is 0 Å². The van der Waals surface area contributed by atoms with Crippen LogP contribution in [-0.4, -0.2) is 29.6 Å². The molecule has 0 aliphatic heterocycles. The van der Waals surface area contributed by atoms with E-state index in [2.05, 4.69) is 10.6 Å². The van der Waals surface area contributed by atoms with Gasteiger partial charge in [0.15, 0.2) is 0 Å². The molecule has 0 spiro atoms. The number of rotatable bonds is 5.